The van der Waals surface area contributed by atoms with Crippen molar-refractivity contribution >= 4 is 63.4 Å². The second-order valence-corrected chi connectivity index (χ2v) is 12.0. The van der Waals surface area contributed by atoms with Gasteiger partial charge in [0.25, 0.3) is 0 Å². The van der Waals surface area contributed by atoms with Gasteiger partial charge < -0.3 is 15.0 Å². The van der Waals surface area contributed by atoms with Gasteiger partial charge in [0.05, 0.1) is 22.0 Å². The van der Waals surface area contributed by atoms with E-state index in [4.69, 9.17) is 39.5 Å². The van der Waals surface area contributed by atoms with Crippen molar-refractivity contribution in [2.45, 2.75) is 46.3 Å². The van der Waals surface area contributed by atoms with Crippen molar-refractivity contribution < 1.29 is 23.3 Å². The van der Waals surface area contributed by atoms with Crippen LogP contribution in [0.4, 0.5) is 0 Å². The fourth-order valence-electron chi connectivity index (χ4n) is 3.51. The number of β-lactam (4-membered cyclic amide) rings is 1. The van der Waals surface area contributed by atoms with E-state index in [0.717, 1.165) is 5.56 Å². The average Bonchev–Trinajstić information content (AvgIpc) is 2.82. The molecule has 1 N–H and O–H groups in total. The maximum absolute atomic E-state index is 13.0. The maximum Gasteiger partial charge on any atom is 0.330 e. The number of hydrogen-bond acceptors (Lipinski definition) is 5. The number of amides is 2. The van der Waals surface area contributed by atoms with Gasteiger partial charge in [0.1, 0.15) is 24.1 Å². The van der Waals surface area contributed by atoms with Gasteiger partial charge >= 0.3 is 5.97 Å². The molecule has 7 nitrogen and oxygen atoms in total. The minimum atomic E-state index is -1.80. The first-order chi connectivity index (χ1) is 13.4. The molecule has 0 saturated carbocycles. The maximum atomic E-state index is 13.0. The number of hydrogen-bond donors (Lipinski definition) is 1. The first kappa shape index (κ1) is 22.3. The Morgan fingerprint density at radius 2 is 1.86 bits per heavy atom. The van der Waals surface area contributed by atoms with E-state index in [9.17, 15) is 18.6 Å². The molecule has 2 aliphatic heterocycles. The Labute approximate surface area is 185 Å². The molecule has 2 heterocycles. The molecule has 2 fully saturated rings. The Morgan fingerprint density at radius 3 is 2.45 bits per heavy atom. The summed E-state index contributed by atoms with van der Waals surface area (Å²) in [4.78, 5) is 38.7. The molecule has 2 saturated heterocycles. The molecule has 0 unspecified atom stereocenters. The summed E-state index contributed by atoms with van der Waals surface area (Å²) in [6.07, 6.45) is 0.0854. The van der Waals surface area contributed by atoms with Crippen molar-refractivity contribution in [1.82, 2.24) is 10.2 Å². The number of ether oxygens (including phenoxy) is 1. The third kappa shape index (κ3) is 4.40. The van der Waals surface area contributed by atoms with Gasteiger partial charge in [0, 0.05) is 0 Å². The fraction of sp³-hybridized carbons (Fsp3) is 0.500. The largest absolute Gasteiger partial charge is 0.460 e. The number of alkyl halides is 3. The summed E-state index contributed by atoms with van der Waals surface area (Å²) in [6.45, 7) is 2.69. The molecular weight excluding hydrogens is 463 g/mol. The summed E-state index contributed by atoms with van der Waals surface area (Å²) in [5, 5.41) is 1.81. The quantitative estimate of drug-likeness (QED) is 0.393. The second kappa shape index (κ2) is 8.06. The van der Waals surface area contributed by atoms with Crippen LogP contribution in [0.25, 0.3) is 0 Å². The van der Waals surface area contributed by atoms with Gasteiger partial charge in [-0.05, 0) is 19.4 Å². The third-order valence-corrected chi connectivity index (χ3v) is 7.41. The summed E-state index contributed by atoms with van der Waals surface area (Å²) in [5.41, 5.74) is 0.787. The molecule has 4 atom stereocenters. The molecule has 2 aliphatic rings. The van der Waals surface area contributed by atoms with E-state index < -0.39 is 55.3 Å². The van der Waals surface area contributed by atoms with Gasteiger partial charge in [0.15, 0.2) is 0 Å². The molecule has 1 aromatic carbocycles. The second-order valence-electron chi connectivity index (χ2n) is 7.37. The minimum Gasteiger partial charge on any atom is -0.460 e. The SMILES string of the molecule is CC1(C)[C@@H](C(=O)OCC(Cl)(Cl)Cl)N2C(=O)[C@@H](NC(=O)Cc3ccccc3)[C@H]2[S@@]1=O. The molecule has 0 aliphatic carbocycles. The number of rotatable bonds is 5. The van der Waals surface area contributed by atoms with Gasteiger partial charge in [0.2, 0.25) is 15.6 Å². The number of nitrogens with one attached hydrogen (secondary N) is 1. The summed E-state index contributed by atoms with van der Waals surface area (Å²) >= 11 is 16.8. The van der Waals surface area contributed by atoms with E-state index in [1.165, 1.54) is 4.90 Å². The van der Waals surface area contributed by atoms with Crippen LogP contribution in [-0.2, 0) is 36.3 Å². The number of benzene rings is 1. The average molecular weight is 482 g/mol. The normalized spacial score (nSPS) is 27.8. The zero-order valence-corrected chi connectivity index (χ0v) is 18.6. The van der Waals surface area contributed by atoms with Crippen LogP contribution in [0.3, 0.4) is 0 Å². The molecule has 158 valence electrons. The van der Waals surface area contributed by atoms with E-state index in [1.54, 1.807) is 38.1 Å². The summed E-state index contributed by atoms with van der Waals surface area (Å²) in [5.74, 6) is -1.67. The summed E-state index contributed by atoms with van der Waals surface area (Å²) in [7, 11) is -1.62. The van der Waals surface area contributed by atoms with Gasteiger partial charge in [-0.25, -0.2) is 4.79 Å². The molecule has 1 aromatic rings. The highest BCUT2D eigenvalue weighted by Gasteiger charge is 2.68. The van der Waals surface area contributed by atoms with Gasteiger partial charge in [-0.15, -0.1) is 0 Å². The van der Waals surface area contributed by atoms with Crippen molar-refractivity contribution in [2.24, 2.45) is 0 Å². The van der Waals surface area contributed by atoms with Crippen molar-refractivity contribution in [2.75, 3.05) is 6.61 Å². The number of carbonyl (C=O) groups excluding carboxylic acids is 3. The summed E-state index contributed by atoms with van der Waals surface area (Å²) < 4.78 is 15.1. The topological polar surface area (TPSA) is 92.8 Å². The van der Waals surface area contributed by atoms with Crippen molar-refractivity contribution in [1.29, 1.82) is 0 Å². The lowest BCUT2D eigenvalue weighted by molar-refractivity contribution is -0.164. The minimum absolute atomic E-state index is 0.0854. The van der Waals surface area contributed by atoms with Crippen LogP contribution in [0.1, 0.15) is 19.4 Å². The van der Waals surface area contributed by atoms with Crippen LogP contribution in [0.2, 0.25) is 0 Å². The predicted octanol–water partition coefficient (Wildman–Crippen LogP) is 1.71. The Balaban J connectivity index is 1.71. The van der Waals surface area contributed by atoms with Crippen LogP contribution in [-0.4, -0.2) is 59.5 Å². The first-order valence-electron chi connectivity index (χ1n) is 8.73. The lowest BCUT2D eigenvalue weighted by atomic mass is 9.96. The van der Waals surface area contributed by atoms with E-state index in [0.29, 0.717) is 0 Å². The molecule has 0 bridgehead atoms. The van der Waals surface area contributed by atoms with Gasteiger partial charge in [-0.2, -0.15) is 0 Å². The molecular formula is C18H19Cl3N2O5S. The van der Waals surface area contributed by atoms with E-state index in [1.807, 2.05) is 6.07 Å². The lowest BCUT2D eigenvalue weighted by Crippen LogP contribution is -2.71. The van der Waals surface area contributed by atoms with E-state index in [-0.39, 0.29) is 12.3 Å². The van der Waals surface area contributed by atoms with Crippen LogP contribution in [0.15, 0.2) is 30.3 Å². The van der Waals surface area contributed by atoms with Crippen LogP contribution >= 0.6 is 34.8 Å². The van der Waals surface area contributed by atoms with Crippen molar-refractivity contribution in [3.8, 4) is 0 Å². The number of esters is 1. The number of carbonyl (C=O) groups is 3. The van der Waals surface area contributed by atoms with Crippen LogP contribution in [0, 0.1) is 0 Å². The molecule has 3 rings (SSSR count). The lowest BCUT2D eigenvalue weighted by Gasteiger charge is -2.43. The Kier molecular flexibility index (Phi) is 6.21. The number of fused-ring (bicyclic) bond motifs is 1. The van der Waals surface area contributed by atoms with E-state index >= 15 is 0 Å². The number of halogens is 3. The zero-order valence-electron chi connectivity index (χ0n) is 15.6. The highest BCUT2D eigenvalue weighted by molar-refractivity contribution is 7.87. The molecule has 2 amide bonds. The molecule has 11 heteroatoms. The van der Waals surface area contributed by atoms with Crippen LogP contribution < -0.4 is 5.32 Å². The molecule has 0 aromatic heterocycles. The highest BCUT2D eigenvalue weighted by atomic mass is 35.6. The highest BCUT2D eigenvalue weighted by Crippen LogP contribution is 2.44. The van der Waals surface area contributed by atoms with Gasteiger partial charge in [-0.3, -0.25) is 13.8 Å². The predicted molar refractivity (Wildman–Crippen MR) is 110 cm³/mol. The van der Waals surface area contributed by atoms with E-state index in [2.05, 4.69) is 5.32 Å². The Morgan fingerprint density at radius 1 is 1.24 bits per heavy atom. The first-order valence-corrected chi connectivity index (χ1v) is 11.1. The smallest absolute Gasteiger partial charge is 0.330 e. The molecule has 29 heavy (non-hydrogen) atoms. The monoisotopic (exact) mass is 480 g/mol. The molecule has 0 radical (unpaired) electrons. The standard InChI is InChI=1S/C18H19Cl3N2O5S/c1-17(2)13(16(26)28-9-18(19,20)21)23-14(25)12(15(23)29(17)27)22-11(24)8-10-6-4-3-5-7-10/h3-7,12-13,15H,8-9H2,1-2H3,(H,22,24)/t12-,13-,15-,29+/m1/s1. The summed E-state index contributed by atoms with van der Waals surface area (Å²) in [6, 6.07) is 6.97. The third-order valence-electron chi connectivity index (χ3n) is 4.88. The van der Waals surface area contributed by atoms with Gasteiger partial charge in [-0.1, -0.05) is 65.1 Å². The number of nitrogens with zero attached hydrogens (tertiary/aromatic N) is 1. The van der Waals surface area contributed by atoms with Crippen molar-refractivity contribution in [3.05, 3.63) is 35.9 Å². The Hall–Kier alpha value is -1.35. The Bertz CT molecular complexity index is 859. The fourth-order valence-corrected chi connectivity index (χ4v) is 5.59. The van der Waals surface area contributed by atoms with Crippen LogP contribution in [0.5, 0.6) is 0 Å². The van der Waals surface area contributed by atoms with Crippen molar-refractivity contribution in [3.63, 3.8) is 0 Å². The zero-order chi connectivity index (χ0) is 21.6. The molecule has 0 spiro atoms.